The molecular formula is C29H35F2N7O. The van der Waals surface area contributed by atoms with Crippen molar-refractivity contribution in [1.82, 2.24) is 29.4 Å². The van der Waals surface area contributed by atoms with Crippen molar-refractivity contribution in [2.45, 2.75) is 65.6 Å². The fourth-order valence-corrected chi connectivity index (χ4v) is 5.49. The molecule has 3 aromatic heterocycles. The van der Waals surface area contributed by atoms with E-state index in [-0.39, 0.29) is 28.8 Å². The SMILES string of the molecule is CCCC1(C)CN(Cc2ccc(Nc3ncc(F)c(-c4cc(F)c5nc(C)n(C(C)C)c5c4)n3)nc2)CCO1. The zero-order valence-corrected chi connectivity index (χ0v) is 23.1. The molecule has 4 heterocycles. The molecule has 1 aromatic carbocycles. The lowest BCUT2D eigenvalue weighted by Gasteiger charge is -2.40. The Hall–Kier alpha value is -3.50. The maximum Gasteiger partial charge on any atom is 0.229 e. The average molecular weight is 536 g/mol. The highest BCUT2D eigenvalue weighted by molar-refractivity contribution is 5.83. The predicted molar refractivity (Wildman–Crippen MR) is 148 cm³/mol. The summed E-state index contributed by atoms with van der Waals surface area (Å²) in [5.41, 5.74) is 2.14. The molecule has 1 aliphatic heterocycles. The highest BCUT2D eigenvalue weighted by atomic mass is 19.1. The minimum absolute atomic E-state index is 0.00141. The van der Waals surface area contributed by atoms with Crippen LogP contribution in [0.25, 0.3) is 22.3 Å². The van der Waals surface area contributed by atoms with Crippen LogP contribution in [0.3, 0.4) is 0 Å². The summed E-state index contributed by atoms with van der Waals surface area (Å²) in [4.78, 5) is 19.7. The summed E-state index contributed by atoms with van der Waals surface area (Å²) >= 11 is 0. The van der Waals surface area contributed by atoms with E-state index in [9.17, 15) is 8.78 Å². The number of pyridine rings is 1. The number of anilines is 2. The Morgan fingerprint density at radius 1 is 1.10 bits per heavy atom. The van der Waals surface area contributed by atoms with Gasteiger partial charge in [-0.3, -0.25) is 4.90 Å². The lowest BCUT2D eigenvalue weighted by atomic mass is 9.98. The molecule has 1 aliphatic rings. The number of hydrogen-bond acceptors (Lipinski definition) is 7. The van der Waals surface area contributed by atoms with Crippen molar-refractivity contribution < 1.29 is 13.5 Å². The van der Waals surface area contributed by atoms with Gasteiger partial charge in [0, 0.05) is 37.4 Å². The van der Waals surface area contributed by atoms with E-state index in [1.807, 2.05) is 43.7 Å². The lowest BCUT2D eigenvalue weighted by Crippen LogP contribution is -2.49. The van der Waals surface area contributed by atoms with Crippen LogP contribution in [0.5, 0.6) is 0 Å². The van der Waals surface area contributed by atoms with Crippen molar-refractivity contribution in [2.75, 3.05) is 25.0 Å². The normalized spacial score (nSPS) is 18.3. The van der Waals surface area contributed by atoms with Crippen LogP contribution in [0.4, 0.5) is 20.5 Å². The van der Waals surface area contributed by atoms with Crippen LogP contribution in [0.15, 0.2) is 36.7 Å². The molecule has 4 aromatic rings. The Morgan fingerprint density at radius 2 is 1.92 bits per heavy atom. The largest absolute Gasteiger partial charge is 0.373 e. The van der Waals surface area contributed by atoms with Crippen LogP contribution in [0, 0.1) is 18.6 Å². The number of aryl methyl sites for hydroxylation is 1. The summed E-state index contributed by atoms with van der Waals surface area (Å²) in [7, 11) is 0. The number of imidazole rings is 1. The van der Waals surface area contributed by atoms with Crippen LogP contribution in [0.1, 0.15) is 58.0 Å². The lowest BCUT2D eigenvalue weighted by molar-refractivity contribution is -0.104. The number of nitrogens with one attached hydrogen (secondary N) is 1. The third kappa shape index (κ3) is 5.77. The van der Waals surface area contributed by atoms with Crippen LogP contribution in [-0.2, 0) is 11.3 Å². The van der Waals surface area contributed by atoms with Crippen LogP contribution in [-0.4, -0.2) is 54.7 Å². The molecule has 8 nitrogen and oxygen atoms in total. The van der Waals surface area contributed by atoms with E-state index in [1.54, 1.807) is 6.07 Å². The number of morpholine rings is 1. The van der Waals surface area contributed by atoms with Gasteiger partial charge in [-0.1, -0.05) is 19.4 Å². The molecule has 1 atom stereocenters. The smallest absolute Gasteiger partial charge is 0.229 e. The number of ether oxygens (including phenoxy) is 1. The zero-order valence-electron chi connectivity index (χ0n) is 23.1. The van der Waals surface area contributed by atoms with Crippen molar-refractivity contribution in [2.24, 2.45) is 0 Å². The molecule has 39 heavy (non-hydrogen) atoms. The van der Waals surface area contributed by atoms with Crippen molar-refractivity contribution in [1.29, 1.82) is 0 Å². The van der Waals surface area contributed by atoms with Crippen LogP contribution in [0.2, 0.25) is 0 Å². The molecule has 0 spiro atoms. The number of benzene rings is 1. The van der Waals surface area contributed by atoms with Crippen molar-refractivity contribution in [3.63, 3.8) is 0 Å². The molecule has 1 N–H and O–H groups in total. The predicted octanol–water partition coefficient (Wildman–Crippen LogP) is 6.19. The van der Waals surface area contributed by atoms with E-state index in [2.05, 4.69) is 44.0 Å². The Bertz CT molecular complexity index is 1470. The number of aromatic nitrogens is 5. The Kier molecular flexibility index (Phi) is 7.59. The monoisotopic (exact) mass is 535 g/mol. The maximum atomic E-state index is 15.0. The Morgan fingerprint density at radius 3 is 2.64 bits per heavy atom. The van der Waals surface area contributed by atoms with E-state index < -0.39 is 11.6 Å². The molecular weight excluding hydrogens is 500 g/mol. The summed E-state index contributed by atoms with van der Waals surface area (Å²) in [6.45, 7) is 13.5. The first-order chi connectivity index (χ1) is 18.7. The molecule has 206 valence electrons. The van der Waals surface area contributed by atoms with E-state index >= 15 is 0 Å². The van der Waals surface area contributed by atoms with Gasteiger partial charge >= 0.3 is 0 Å². The first-order valence-corrected chi connectivity index (χ1v) is 13.4. The van der Waals surface area contributed by atoms with Crippen molar-refractivity contribution in [3.05, 3.63) is 59.7 Å². The molecule has 0 bridgehead atoms. The molecule has 0 radical (unpaired) electrons. The van der Waals surface area contributed by atoms with E-state index in [0.717, 1.165) is 50.8 Å². The highest BCUT2D eigenvalue weighted by Gasteiger charge is 2.31. The summed E-state index contributed by atoms with van der Waals surface area (Å²) in [6, 6.07) is 6.90. The fraction of sp³-hybridized carbons (Fsp3) is 0.448. The third-order valence-electron chi connectivity index (χ3n) is 7.12. The van der Waals surface area contributed by atoms with Gasteiger partial charge in [-0.25, -0.2) is 28.7 Å². The van der Waals surface area contributed by atoms with Gasteiger partial charge in [-0.15, -0.1) is 0 Å². The molecule has 0 saturated carbocycles. The van der Waals surface area contributed by atoms with Gasteiger partial charge in [0.05, 0.1) is 23.9 Å². The van der Waals surface area contributed by atoms with E-state index in [1.165, 1.54) is 6.07 Å². The van der Waals surface area contributed by atoms with Gasteiger partial charge < -0.3 is 14.6 Å². The van der Waals surface area contributed by atoms with Gasteiger partial charge in [0.1, 0.15) is 22.9 Å². The summed E-state index contributed by atoms with van der Waals surface area (Å²) < 4.78 is 37.8. The molecule has 0 aliphatic carbocycles. The molecule has 10 heteroatoms. The summed E-state index contributed by atoms with van der Waals surface area (Å²) in [6.07, 6.45) is 5.02. The molecule has 1 saturated heterocycles. The van der Waals surface area contributed by atoms with Crippen molar-refractivity contribution in [3.8, 4) is 11.3 Å². The van der Waals surface area contributed by atoms with Gasteiger partial charge in [-0.05, 0) is 57.9 Å². The first kappa shape index (κ1) is 27.1. The highest BCUT2D eigenvalue weighted by Crippen LogP contribution is 2.30. The topological polar surface area (TPSA) is 81.0 Å². The molecule has 1 unspecified atom stereocenters. The molecule has 0 amide bonds. The minimum Gasteiger partial charge on any atom is -0.373 e. The fourth-order valence-electron chi connectivity index (χ4n) is 5.49. The number of rotatable bonds is 8. The average Bonchev–Trinajstić information content (AvgIpc) is 3.23. The van der Waals surface area contributed by atoms with Crippen molar-refractivity contribution >= 4 is 22.8 Å². The van der Waals surface area contributed by atoms with E-state index in [4.69, 9.17) is 4.74 Å². The van der Waals surface area contributed by atoms with Gasteiger partial charge in [0.25, 0.3) is 0 Å². The Labute approximate surface area is 227 Å². The van der Waals surface area contributed by atoms with Gasteiger partial charge in [0.2, 0.25) is 5.95 Å². The maximum absolute atomic E-state index is 15.0. The van der Waals surface area contributed by atoms with Gasteiger partial charge in [-0.2, -0.15) is 0 Å². The summed E-state index contributed by atoms with van der Waals surface area (Å²) in [5.74, 6) is 0.230. The molecule has 5 rings (SSSR count). The first-order valence-electron chi connectivity index (χ1n) is 13.4. The Balaban J connectivity index is 1.34. The van der Waals surface area contributed by atoms with Crippen LogP contribution < -0.4 is 5.32 Å². The number of fused-ring (bicyclic) bond motifs is 1. The second kappa shape index (κ2) is 10.9. The number of hydrogen-bond donors (Lipinski definition) is 1. The van der Waals surface area contributed by atoms with E-state index in [0.29, 0.717) is 22.7 Å². The third-order valence-corrected chi connectivity index (χ3v) is 7.12. The second-order valence-electron chi connectivity index (χ2n) is 10.8. The quantitative estimate of drug-likeness (QED) is 0.288. The zero-order chi connectivity index (χ0) is 27.7. The van der Waals surface area contributed by atoms with Crippen LogP contribution >= 0.6 is 0 Å². The van der Waals surface area contributed by atoms with Gasteiger partial charge in [0.15, 0.2) is 11.6 Å². The molecule has 1 fully saturated rings. The number of nitrogens with zero attached hydrogens (tertiary/aromatic N) is 6. The second-order valence-corrected chi connectivity index (χ2v) is 10.8. The summed E-state index contributed by atoms with van der Waals surface area (Å²) in [5, 5.41) is 3.04. The standard InChI is InChI=1S/C29H35F2N7O/c1-6-9-29(5)17-37(10-11-39-29)16-20-7-8-25(32-14-20)35-28-33-15-23(31)26(36-28)21-12-22(30)27-24(13-21)38(18(2)3)19(4)34-27/h7-8,12-15,18H,6,9-11,16-17H2,1-5H3,(H,32,33,35,36). The minimum atomic E-state index is -0.643. The number of halogens is 2.